The van der Waals surface area contributed by atoms with Gasteiger partial charge in [0.1, 0.15) is 16.4 Å². The van der Waals surface area contributed by atoms with Gasteiger partial charge < -0.3 is 18.7 Å². The lowest BCUT2D eigenvalue weighted by Gasteiger charge is -2.35. The second kappa shape index (κ2) is 8.57. The van der Waals surface area contributed by atoms with Crippen molar-refractivity contribution in [2.45, 2.75) is 11.8 Å². The molecule has 160 valence electrons. The van der Waals surface area contributed by atoms with Gasteiger partial charge in [-0.05, 0) is 30.3 Å². The number of nitro benzene ring substituents is 1. The Bertz CT molecular complexity index is 1050. The Morgan fingerprint density at radius 3 is 2.23 bits per heavy atom. The number of hydrogen-bond acceptors (Lipinski definition) is 8. The highest BCUT2D eigenvalue weighted by Gasteiger charge is 2.25. The zero-order valence-corrected chi connectivity index (χ0v) is 17.3. The molecule has 1 aliphatic heterocycles. The monoisotopic (exact) mass is 435 g/mol. The van der Waals surface area contributed by atoms with Gasteiger partial charge in [0.05, 0.1) is 18.1 Å². The first-order chi connectivity index (χ1) is 14.2. The van der Waals surface area contributed by atoms with E-state index in [9.17, 15) is 23.3 Å². The molecule has 0 aromatic heterocycles. The fourth-order valence-electron chi connectivity index (χ4n) is 3.14. The number of nitrogens with zero attached hydrogens (tertiary/aromatic N) is 3. The number of piperazine rings is 1. The number of rotatable bonds is 6. The smallest absolute Gasteiger partial charge is 0.342 e. The van der Waals surface area contributed by atoms with Gasteiger partial charge >= 0.3 is 10.1 Å². The lowest BCUT2D eigenvalue weighted by atomic mass is 10.2. The second-order valence-corrected chi connectivity index (χ2v) is 8.13. The molecule has 1 aliphatic rings. The highest BCUT2D eigenvalue weighted by atomic mass is 32.2. The molecule has 30 heavy (non-hydrogen) atoms. The van der Waals surface area contributed by atoms with Crippen molar-refractivity contribution < 1.29 is 27.1 Å². The van der Waals surface area contributed by atoms with E-state index in [2.05, 4.69) is 4.90 Å². The molecular formula is C19H21N3O7S. The van der Waals surface area contributed by atoms with E-state index < -0.39 is 15.0 Å². The molecule has 0 atom stereocenters. The molecular weight excluding hydrogens is 414 g/mol. The Hall–Kier alpha value is -3.34. The predicted molar refractivity (Wildman–Crippen MR) is 108 cm³/mol. The van der Waals surface area contributed by atoms with E-state index in [0.29, 0.717) is 26.2 Å². The molecule has 10 nitrogen and oxygen atoms in total. The third kappa shape index (κ3) is 4.62. The predicted octanol–water partition coefficient (Wildman–Crippen LogP) is 2.04. The number of non-ortho nitro benzene ring substituents is 1. The third-order valence-corrected chi connectivity index (χ3v) is 6.05. The van der Waals surface area contributed by atoms with Gasteiger partial charge in [0.15, 0.2) is 0 Å². The Morgan fingerprint density at radius 2 is 1.70 bits per heavy atom. The van der Waals surface area contributed by atoms with Gasteiger partial charge in [-0.25, -0.2) is 0 Å². The first kappa shape index (κ1) is 21.4. The minimum absolute atomic E-state index is 0.0466. The van der Waals surface area contributed by atoms with E-state index in [-0.39, 0.29) is 28.0 Å². The minimum Gasteiger partial charge on any atom is -0.495 e. The van der Waals surface area contributed by atoms with Gasteiger partial charge in [-0.15, -0.1) is 0 Å². The topological polar surface area (TPSA) is 119 Å². The van der Waals surface area contributed by atoms with Crippen LogP contribution in [0.1, 0.15) is 6.92 Å². The number of carbonyl (C=O) groups excluding carboxylic acids is 1. The zero-order chi connectivity index (χ0) is 21.9. The Balaban J connectivity index is 1.74. The van der Waals surface area contributed by atoms with Crippen molar-refractivity contribution in [2.24, 2.45) is 0 Å². The van der Waals surface area contributed by atoms with Crippen LogP contribution >= 0.6 is 0 Å². The van der Waals surface area contributed by atoms with Crippen LogP contribution in [0, 0.1) is 10.1 Å². The van der Waals surface area contributed by atoms with Crippen LogP contribution in [0.15, 0.2) is 47.4 Å². The molecule has 1 amide bonds. The molecule has 0 spiro atoms. The second-order valence-electron chi connectivity index (χ2n) is 6.62. The van der Waals surface area contributed by atoms with Crippen molar-refractivity contribution in [1.29, 1.82) is 0 Å². The van der Waals surface area contributed by atoms with Crippen LogP contribution in [-0.2, 0) is 14.9 Å². The molecule has 0 N–H and O–H groups in total. The Labute approximate surface area is 173 Å². The molecule has 2 aromatic rings. The fraction of sp³-hybridized carbons (Fsp3) is 0.316. The molecule has 0 aliphatic carbocycles. The number of nitro groups is 1. The first-order valence-electron chi connectivity index (χ1n) is 9.09. The molecule has 0 radical (unpaired) electrons. The van der Waals surface area contributed by atoms with Crippen molar-refractivity contribution in [1.82, 2.24) is 4.90 Å². The molecule has 0 bridgehead atoms. The summed E-state index contributed by atoms with van der Waals surface area (Å²) < 4.78 is 35.4. The van der Waals surface area contributed by atoms with Gasteiger partial charge in [0.25, 0.3) is 5.69 Å². The van der Waals surface area contributed by atoms with Crippen LogP contribution in [0.25, 0.3) is 0 Å². The van der Waals surface area contributed by atoms with E-state index in [4.69, 9.17) is 8.92 Å². The van der Waals surface area contributed by atoms with Crippen LogP contribution < -0.4 is 13.8 Å². The number of benzene rings is 2. The van der Waals surface area contributed by atoms with Gasteiger partial charge in [-0.3, -0.25) is 14.9 Å². The summed E-state index contributed by atoms with van der Waals surface area (Å²) in [5.74, 6) is -0.0315. The van der Waals surface area contributed by atoms with Gasteiger partial charge in [-0.2, -0.15) is 8.42 Å². The number of ether oxygens (including phenoxy) is 1. The molecule has 0 unspecified atom stereocenters. The number of anilines is 1. The Morgan fingerprint density at radius 1 is 1.07 bits per heavy atom. The summed E-state index contributed by atoms with van der Waals surface area (Å²) in [6, 6.07) is 9.71. The van der Waals surface area contributed by atoms with Crippen molar-refractivity contribution in [3.8, 4) is 11.5 Å². The van der Waals surface area contributed by atoms with E-state index in [1.807, 2.05) is 0 Å². The maximum absolute atomic E-state index is 12.6. The lowest BCUT2D eigenvalue weighted by molar-refractivity contribution is -0.385. The third-order valence-electron chi connectivity index (χ3n) is 4.76. The van der Waals surface area contributed by atoms with Crippen LogP contribution in [-0.4, -0.2) is 57.4 Å². The molecule has 0 saturated carbocycles. The van der Waals surface area contributed by atoms with Crippen LogP contribution in [0.3, 0.4) is 0 Å². The van der Waals surface area contributed by atoms with Crippen LogP contribution in [0.5, 0.6) is 11.5 Å². The summed E-state index contributed by atoms with van der Waals surface area (Å²) in [4.78, 5) is 25.2. The number of carbonyl (C=O) groups is 1. The van der Waals surface area contributed by atoms with E-state index in [0.717, 1.165) is 23.9 Å². The summed E-state index contributed by atoms with van der Waals surface area (Å²) in [5, 5.41) is 10.9. The SMILES string of the molecule is COc1cc([N+](=O)[O-])ccc1S(=O)(=O)Oc1ccc(N2CCN(C(C)=O)CC2)cc1. The average Bonchev–Trinajstić information content (AvgIpc) is 2.73. The summed E-state index contributed by atoms with van der Waals surface area (Å²) in [6.45, 7) is 4.15. The molecule has 1 saturated heterocycles. The summed E-state index contributed by atoms with van der Waals surface area (Å²) in [7, 11) is -3.04. The van der Waals surface area contributed by atoms with Crippen LogP contribution in [0.2, 0.25) is 0 Å². The van der Waals surface area contributed by atoms with E-state index >= 15 is 0 Å². The number of methoxy groups -OCH3 is 1. The summed E-state index contributed by atoms with van der Waals surface area (Å²) in [6.07, 6.45) is 0. The standard InChI is InChI=1S/C19H21N3O7S/c1-14(23)20-9-11-21(12-10-20)15-3-6-17(7-4-15)29-30(26,27)19-8-5-16(22(24)25)13-18(19)28-2/h3-8,13H,9-12H2,1-2H3. The van der Waals surface area contributed by atoms with Crippen molar-refractivity contribution in [2.75, 3.05) is 38.2 Å². The van der Waals surface area contributed by atoms with Gasteiger partial charge in [-0.1, -0.05) is 0 Å². The zero-order valence-electron chi connectivity index (χ0n) is 16.5. The molecule has 1 heterocycles. The maximum atomic E-state index is 12.6. The van der Waals surface area contributed by atoms with E-state index in [1.165, 1.54) is 19.2 Å². The van der Waals surface area contributed by atoms with Gasteiger partial charge in [0.2, 0.25) is 5.91 Å². The van der Waals surface area contributed by atoms with Crippen molar-refractivity contribution in [3.05, 3.63) is 52.6 Å². The summed E-state index contributed by atoms with van der Waals surface area (Å²) in [5.41, 5.74) is 0.593. The quantitative estimate of drug-likeness (QED) is 0.384. The van der Waals surface area contributed by atoms with E-state index in [1.54, 1.807) is 24.0 Å². The van der Waals surface area contributed by atoms with Crippen LogP contribution in [0.4, 0.5) is 11.4 Å². The lowest BCUT2D eigenvalue weighted by Crippen LogP contribution is -2.48. The number of amides is 1. The molecule has 3 rings (SSSR count). The van der Waals surface area contributed by atoms with Crippen molar-refractivity contribution in [3.63, 3.8) is 0 Å². The largest absolute Gasteiger partial charge is 0.495 e. The molecule has 11 heteroatoms. The Kier molecular flexibility index (Phi) is 6.11. The normalized spacial score (nSPS) is 14.3. The highest BCUT2D eigenvalue weighted by molar-refractivity contribution is 7.87. The first-order valence-corrected chi connectivity index (χ1v) is 10.5. The summed E-state index contributed by atoms with van der Waals surface area (Å²) >= 11 is 0. The minimum atomic E-state index is -4.26. The molecule has 1 fully saturated rings. The molecule has 2 aromatic carbocycles. The van der Waals surface area contributed by atoms with Crippen molar-refractivity contribution >= 4 is 27.4 Å². The highest BCUT2D eigenvalue weighted by Crippen LogP contribution is 2.31. The van der Waals surface area contributed by atoms with Gasteiger partial charge in [0, 0.05) is 44.9 Å². The fourth-order valence-corrected chi connectivity index (χ4v) is 4.22. The maximum Gasteiger partial charge on any atom is 0.342 e. The average molecular weight is 435 g/mol. The number of hydrogen-bond donors (Lipinski definition) is 0.